The summed E-state index contributed by atoms with van der Waals surface area (Å²) in [6.45, 7) is 4.09. The van der Waals surface area contributed by atoms with Crippen LogP contribution in [-0.2, 0) is 13.5 Å². The Labute approximate surface area is 87.5 Å². The van der Waals surface area contributed by atoms with Gasteiger partial charge in [0, 0.05) is 13.5 Å². The van der Waals surface area contributed by atoms with Gasteiger partial charge in [0.1, 0.15) is 5.82 Å². The molecule has 0 spiro atoms. The number of hydrogen-bond acceptors (Lipinski definition) is 2. The Morgan fingerprint density at radius 1 is 1.64 bits per heavy atom. The molecule has 14 heavy (non-hydrogen) atoms. The summed E-state index contributed by atoms with van der Waals surface area (Å²) in [7, 11) is 1.67. The molecule has 5 heteroatoms. The predicted molar refractivity (Wildman–Crippen MR) is 53.7 cm³/mol. The van der Waals surface area contributed by atoms with E-state index in [0.29, 0.717) is 11.7 Å². The van der Waals surface area contributed by atoms with Crippen LogP contribution < -0.4 is 0 Å². The number of nitrogens with zero attached hydrogens (tertiary/aromatic N) is 2. The smallest absolute Gasteiger partial charge is 0.355 e. The number of carboxylic acids is 1. The topological polar surface area (TPSA) is 55.1 Å². The molecule has 0 fully saturated rings. The van der Waals surface area contributed by atoms with E-state index in [9.17, 15) is 4.79 Å². The minimum absolute atomic E-state index is 0.0577. The van der Waals surface area contributed by atoms with Crippen molar-refractivity contribution in [3.05, 3.63) is 16.7 Å². The van der Waals surface area contributed by atoms with Gasteiger partial charge in [-0.25, -0.2) is 9.78 Å². The number of aromatic nitrogens is 2. The van der Waals surface area contributed by atoms with Crippen molar-refractivity contribution >= 4 is 17.6 Å². The van der Waals surface area contributed by atoms with Gasteiger partial charge in [0.25, 0.3) is 0 Å². The van der Waals surface area contributed by atoms with Crippen molar-refractivity contribution in [2.24, 2.45) is 13.0 Å². The summed E-state index contributed by atoms with van der Waals surface area (Å²) in [6.07, 6.45) is 0.726. The Bertz CT molecular complexity index is 358. The lowest BCUT2D eigenvalue weighted by Gasteiger charge is -2.04. The fourth-order valence-electron chi connectivity index (χ4n) is 1.29. The lowest BCUT2D eigenvalue weighted by atomic mass is 10.1. The van der Waals surface area contributed by atoms with Crippen molar-refractivity contribution in [1.29, 1.82) is 0 Å². The van der Waals surface area contributed by atoms with E-state index in [1.807, 2.05) is 13.8 Å². The summed E-state index contributed by atoms with van der Waals surface area (Å²) < 4.78 is 1.53. The van der Waals surface area contributed by atoms with Crippen LogP contribution in [0, 0.1) is 5.92 Å². The third-order valence-electron chi connectivity index (χ3n) is 1.94. The fourth-order valence-corrected chi connectivity index (χ4v) is 1.59. The number of imidazole rings is 1. The van der Waals surface area contributed by atoms with Crippen LogP contribution in [0.4, 0.5) is 0 Å². The van der Waals surface area contributed by atoms with Crippen molar-refractivity contribution in [3.8, 4) is 0 Å². The van der Waals surface area contributed by atoms with Crippen molar-refractivity contribution in [1.82, 2.24) is 9.55 Å². The minimum Gasteiger partial charge on any atom is -0.476 e. The Kier molecular flexibility index (Phi) is 3.16. The Morgan fingerprint density at radius 2 is 2.21 bits per heavy atom. The molecule has 0 aromatic carbocycles. The molecule has 1 heterocycles. The van der Waals surface area contributed by atoms with Crippen LogP contribution in [0.2, 0.25) is 5.15 Å². The first-order valence-electron chi connectivity index (χ1n) is 4.37. The standard InChI is InChI=1S/C9H13ClN2O2/c1-5(2)4-6-11-8(10)7(9(13)14)12(6)3/h5H,4H2,1-3H3,(H,13,14). The normalized spacial score (nSPS) is 10.9. The minimum atomic E-state index is -1.04. The van der Waals surface area contributed by atoms with Crippen LogP contribution in [0.25, 0.3) is 0 Å². The monoisotopic (exact) mass is 216 g/mol. The molecule has 0 radical (unpaired) electrons. The molecular formula is C9H13ClN2O2. The molecular weight excluding hydrogens is 204 g/mol. The van der Waals surface area contributed by atoms with Gasteiger partial charge in [-0.3, -0.25) is 0 Å². The average molecular weight is 217 g/mol. The van der Waals surface area contributed by atoms with Gasteiger partial charge in [-0.15, -0.1) is 0 Å². The first-order chi connectivity index (χ1) is 6.43. The number of halogens is 1. The molecule has 0 unspecified atom stereocenters. The fraction of sp³-hybridized carbons (Fsp3) is 0.556. The molecule has 1 rings (SSSR count). The summed E-state index contributed by atoms with van der Waals surface area (Å²) in [5, 5.41) is 8.91. The first-order valence-corrected chi connectivity index (χ1v) is 4.75. The van der Waals surface area contributed by atoms with Gasteiger partial charge in [-0.1, -0.05) is 25.4 Å². The number of rotatable bonds is 3. The van der Waals surface area contributed by atoms with E-state index in [-0.39, 0.29) is 10.8 Å². The maximum absolute atomic E-state index is 10.8. The zero-order chi connectivity index (χ0) is 10.9. The lowest BCUT2D eigenvalue weighted by Crippen LogP contribution is -2.09. The van der Waals surface area contributed by atoms with Crippen LogP contribution in [0.15, 0.2) is 0 Å². The van der Waals surface area contributed by atoms with E-state index in [0.717, 1.165) is 6.42 Å². The molecule has 4 nitrogen and oxygen atoms in total. The highest BCUT2D eigenvalue weighted by molar-refractivity contribution is 6.32. The van der Waals surface area contributed by atoms with Gasteiger partial charge in [0.2, 0.25) is 0 Å². The van der Waals surface area contributed by atoms with Crippen LogP contribution in [0.1, 0.15) is 30.2 Å². The number of carbonyl (C=O) groups is 1. The van der Waals surface area contributed by atoms with Gasteiger partial charge in [-0.2, -0.15) is 0 Å². The highest BCUT2D eigenvalue weighted by atomic mass is 35.5. The van der Waals surface area contributed by atoms with Crippen LogP contribution in [0.5, 0.6) is 0 Å². The third kappa shape index (κ3) is 2.07. The summed E-state index contributed by atoms with van der Waals surface area (Å²) in [5.41, 5.74) is 0.0577. The number of aromatic carboxylic acids is 1. The van der Waals surface area contributed by atoms with E-state index in [1.54, 1.807) is 7.05 Å². The number of carboxylic acid groups (broad SMARTS) is 1. The van der Waals surface area contributed by atoms with Crippen LogP contribution in [0.3, 0.4) is 0 Å². The third-order valence-corrected chi connectivity index (χ3v) is 2.20. The van der Waals surface area contributed by atoms with Gasteiger partial charge in [0.15, 0.2) is 10.8 Å². The largest absolute Gasteiger partial charge is 0.476 e. The lowest BCUT2D eigenvalue weighted by molar-refractivity contribution is 0.0686. The van der Waals surface area contributed by atoms with E-state index >= 15 is 0 Å². The summed E-state index contributed by atoms with van der Waals surface area (Å²) in [4.78, 5) is 14.8. The Balaban J connectivity index is 3.10. The Morgan fingerprint density at radius 3 is 2.57 bits per heavy atom. The zero-order valence-electron chi connectivity index (χ0n) is 8.41. The molecule has 0 saturated carbocycles. The van der Waals surface area contributed by atoms with E-state index in [1.165, 1.54) is 4.57 Å². The highest BCUT2D eigenvalue weighted by Crippen LogP contribution is 2.18. The molecule has 0 bridgehead atoms. The van der Waals surface area contributed by atoms with Crippen molar-refractivity contribution < 1.29 is 9.90 Å². The second-order valence-electron chi connectivity index (χ2n) is 3.63. The summed E-state index contributed by atoms with van der Waals surface area (Å²) in [6, 6.07) is 0. The van der Waals surface area contributed by atoms with Gasteiger partial charge in [0.05, 0.1) is 0 Å². The molecule has 0 saturated heterocycles. The molecule has 1 aromatic rings. The maximum Gasteiger partial charge on any atom is 0.355 e. The molecule has 0 aliphatic heterocycles. The quantitative estimate of drug-likeness (QED) is 0.841. The van der Waals surface area contributed by atoms with Gasteiger partial charge in [-0.05, 0) is 5.92 Å². The SMILES string of the molecule is CC(C)Cc1nc(Cl)c(C(=O)O)n1C. The number of hydrogen-bond donors (Lipinski definition) is 1. The van der Waals surface area contributed by atoms with E-state index in [2.05, 4.69) is 4.98 Å². The predicted octanol–water partition coefficient (Wildman–Crippen LogP) is 1.97. The van der Waals surface area contributed by atoms with Gasteiger partial charge < -0.3 is 9.67 Å². The van der Waals surface area contributed by atoms with Gasteiger partial charge >= 0.3 is 5.97 Å². The Hall–Kier alpha value is -1.03. The maximum atomic E-state index is 10.8. The summed E-state index contributed by atoms with van der Waals surface area (Å²) in [5.74, 6) is 0.0937. The molecule has 0 aliphatic rings. The highest BCUT2D eigenvalue weighted by Gasteiger charge is 2.19. The van der Waals surface area contributed by atoms with Crippen molar-refractivity contribution in [3.63, 3.8) is 0 Å². The van der Waals surface area contributed by atoms with Crippen molar-refractivity contribution in [2.45, 2.75) is 20.3 Å². The molecule has 0 atom stereocenters. The second-order valence-corrected chi connectivity index (χ2v) is 3.99. The second kappa shape index (κ2) is 4.00. The van der Waals surface area contributed by atoms with Crippen molar-refractivity contribution in [2.75, 3.05) is 0 Å². The zero-order valence-corrected chi connectivity index (χ0v) is 9.17. The van der Waals surface area contributed by atoms with E-state index in [4.69, 9.17) is 16.7 Å². The average Bonchev–Trinajstić information content (AvgIpc) is 2.25. The molecule has 1 aromatic heterocycles. The van der Waals surface area contributed by atoms with E-state index < -0.39 is 5.97 Å². The van der Waals surface area contributed by atoms with Crippen LogP contribution >= 0.6 is 11.6 Å². The molecule has 78 valence electrons. The first kappa shape index (κ1) is 11.0. The van der Waals surface area contributed by atoms with Crippen LogP contribution in [-0.4, -0.2) is 20.6 Å². The summed E-state index contributed by atoms with van der Waals surface area (Å²) >= 11 is 5.72. The molecule has 1 N–H and O–H groups in total. The molecule has 0 aliphatic carbocycles. The molecule has 0 amide bonds.